The van der Waals surface area contributed by atoms with E-state index in [-0.39, 0.29) is 17.7 Å². The van der Waals surface area contributed by atoms with Gasteiger partial charge in [0, 0.05) is 32.1 Å². The molecule has 0 saturated carbocycles. The second-order valence-corrected chi connectivity index (χ2v) is 8.75. The molecule has 1 heterocycles. The van der Waals surface area contributed by atoms with E-state index in [0.29, 0.717) is 31.8 Å². The summed E-state index contributed by atoms with van der Waals surface area (Å²) in [6.07, 6.45) is 5.78. The minimum absolute atomic E-state index is 0.0184. The van der Waals surface area contributed by atoms with Crippen LogP contribution in [-0.2, 0) is 14.4 Å². The zero-order chi connectivity index (χ0) is 21.2. The summed E-state index contributed by atoms with van der Waals surface area (Å²) in [5.74, 6) is 1.18. The van der Waals surface area contributed by atoms with Crippen LogP contribution in [0.25, 0.3) is 0 Å². The smallest absolute Gasteiger partial charge is 0.245 e. The van der Waals surface area contributed by atoms with Gasteiger partial charge in [0.25, 0.3) is 0 Å². The molecule has 1 aliphatic rings. The van der Waals surface area contributed by atoms with Crippen molar-refractivity contribution in [3.63, 3.8) is 0 Å². The van der Waals surface area contributed by atoms with E-state index in [0.717, 1.165) is 36.3 Å². The first-order valence-electron chi connectivity index (χ1n) is 10.3. The van der Waals surface area contributed by atoms with Gasteiger partial charge in [0.15, 0.2) is 0 Å². The minimum Gasteiger partial charge on any atom is -0.345 e. The second kappa shape index (κ2) is 11.9. The molecule has 29 heavy (non-hydrogen) atoms. The predicted octanol–water partition coefficient (Wildman–Crippen LogP) is 3.21. The number of hydrogen-bond donors (Lipinski definition) is 2. The number of nitrogens with zero attached hydrogens (tertiary/aromatic N) is 1. The molecule has 0 unspecified atom stereocenters. The summed E-state index contributed by atoms with van der Waals surface area (Å²) < 4.78 is 0. The molecule has 0 bridgehead atoms. The number of piperidine rings is 1. The Bertz CT molecular complexity index is 702. The molecule has 160 valence electrons. The van der Waals surface area contributed by atoms with Crippen molar-refractivity contribution in [3.8, 4) is 0 Å². The molecule has 2 rings (SSSR count). The van der Waals surface area contributed by atoms with E-state index in [9.17, 15) is 14.4 Å². The summed E-state index contributed by atoms with van der Waals surface area (Å²) in [5, 5.41) is 5.75. The molecule has 0 aromatic heterocycles. The lowest BCUT2D eigenvalue weighted by molar-refractivity contribution is -0.137. The van der Waals surface area contributed by atoms with E-state index in [4.69, 9.17) is 0 Å². The Balaban J connectivity index is 1.75. The molecule has 3 amide bonds. The molecule has 6 nitrogen and oxygen atoms in total. The van der Waals surface area contributed by atoms with Crippen molar-refractivity contribution < 1.29 is 14.4 Å². The highest BCUT2D eigenvalue weighted by molar-refractivity contribution is 7.98. The highest BCUT2D eigenvalue weighted by Crippen LogP contribution is 2.23. The Labute approximate surface area is 178 Å². The normalized spacial score (nSPS) is 15.6. The van der Waals surface area contributed by atoms with Gasteiger partial charge in [-0.1, -0.05) is 12.1 Å². The SMILES string of the molecule is CSCC[C@H](NC(C)=O)C(=O)N1CCC(CCC(=O)Nc2cccc(C)c2)CC1. The average molecular weight is 420 g/mol. The summed E-state index contributed by atoms with van der Waals surface area (Å²) in [6, 6.07) is 7.37. The molecule has 1 aliphatic heterocycles. The molecule has 1 aromatic rings. The van der Waals surface area contributed by atoms with Crippen LogP contribution in [0.1, 0.15) is 44.6 Å². The molecule has 1 atom stereocenters. The topological polar surface area (TPSA) is 78.5 Å². The van der Waals surface area contributed by atoms with Crippen LogP contribution < -0.4 is 10.6 Å². The number of carbonyl (C=O) groups is 3. The van der Waals surface area contributed by atoms with Gasteiger partial charge < -0.3 is 15.5 Å². The van der Waals surface area contributed by atoms with Crippen molar-refractivity contribution in [2.24, 2.45) is 5.92 Å². The number of likely N-dealkylation sites (tertiary alicyclic amines) is 1. The van der Waals surface area contributed by atoms with E-state index in [1.807, 2.05) is 42.3 Å². The molecular formula is C22H33N3O3S. The Morgan fingerprint density at radius 2 is 1.97 bits per heavy atom. The van der Waals surface area contributed by atoms with Gasteiger partial charge in [-0.05, 0) is 68.2 Å². The Morgan fingerprint density at radius 1 is 1.24 bits per heavy atom. The van der Waals surface area contributed by atoms with E-state index in [2.05, 4.69) is 10.6 Å². The molecule has 0 spiro atoms. The second-order valence-electron chi connectivity index (χ2n) is 7.76. The van der Waals surface area contributed by atoms with Crippen LogP contribution in [0.5, 0.6) is 0 Å². The Kier molecular flexibility index (Phi) is 9.51. The van der Waals surface area contributed by atoms with Crippen LogP contribution >= 0.6 is 11.8 Å². The van der Waals surface area contributed by atoms with Crippen molar-refractivity contribution in [1.29, 1.82) is 0 Å². The summed E-state index contributed by atoms with van der Waals surface area (Å²) in [7, 11) is 0. The highest BCUT2D eigenvalue weighted by atomic mass is 32.2. The highest BCUT2D eigenvalue weighted by Gasteiger charge is 2.28. The third kappa shape index (κ3) is 8.09. The maximum Gasteiger partial charge on any atom is 0.245 e. The third-order valence-corrected chi connectivity index (χ3v) is 5.94. The van der Waals surface area contributed by atoms with Crippen LogP contribution in [0.4, 0.5) is 5.69 Å². The maximum absolute atomic E-state index is 12.8. The number of amides is 3. The summed E-state index contributed by atoms with van der Waals surface area (Å²) in [4.78, 5) is 38.3. The Morgan fingerprint density at radius 3 is 2.59 bits per heavy atom. The van der Waals surface area contributed by atoms with Crippen molar-refractivity contribution >= 4 is 35.2 Å². The van der Waals surface area contributed by atoms with Gasteiger partial charge in [-0.3, -0.25) is 14.4 Å². The maximum atomic E-state index is 12.8. The fourth-order valence-electron chi connectivity index (χ4n) is 3.68. The first-order valence-corrected chi connectivity index (χ1v) is 11.7. The summed E-state index contributed by atoms with van der Waals surface area (Å²) in [6.45, 7) is 4.84. The van der Waals surface area contributed by atoms with E-state index in [1.54, 1.807) is 11.8 Å². The number of thioether (sulfide) groups is 1. The van der Waals surface area contributed by atoms with Gasteiger partial charge in [0.1, 0.15) is 6.04 Å². The van der Waals surface area contributed by atoms with Crippen LogP contribution in [-0.4, -0.2) is 53.8 Å². The standard InChI is InChI=1S/C22H33N3O3S/c1-16-5-4-6-19(15-16)24-21(27)8-7-18-9-12-25(13-10-18)22(28)20(11-14-29-3)23-17(2)26/h4-6,15,18,20H,7-14H2,1-3H3,(H,23,26)(H,24,27)/t20-/m0/s1. The van der Waals surface area contributed by atoms with E-state index >= 15 is 0 Å². The molecule has 1 saturated heterocycles. The molecule has 1 aromatic carbocycles. The van der Waals surface area contributed by atoms with Crippen LogP contribution in [0, 0.1) is 12.8 Å². The molecule has 7 heteroatoms. The first kappa shape index (κ1) is 23.3. The van der Waals surface area contributed by atoms with Gasteiger partial charge in [0.2, 0.25) is 17.7 Å². The number of carbonyl (C=O) groups excluding carboxylic acids is 3. The molecule has 2 N–H and O–H groups in total. The van der Waals surface area contributed by atoms with E-state index in [1.165, 1.54) is 6.92 Å². The van der Waals surface area contributed by atoms with Crippen LogP contribution in [0.15, 0.2) is 24.3 Å². The minimum atomic E-state index is -0.434. The molecule has 1 fully saturated rings. The van der Waals surface area contributed by atoms with Gasteiger partial charge in [-0.15, -0.1) is 0 Å². The number of rotatable bonds is 9. The summed E-state index contributed by atoms with van der Waals surface area (Å²) >= 11 is 1.67. The molecule has 0 radical (unpaired) electrons. The van der Waals surface area contributed by atoms with Gasteiger partial charge in [-0.2, -0.15) is 11.8 Å². The van der Waals surface area contributed by atoms with Gasteiger partial charge in [-0.25, -0.2) is 0 Å². The fraction of sp³-hybridized carbons (Fsp3) is 0.591. The van der Waals surface area contributed by atoms with Crippen molar-refractivity contribution in [2.75, 3.05) is 30.4 Å². The molecule has 0 aliphatic carbocycles. The lowest BCUT2D eigenvalue weighted by Crippen LogP contribution is -2.50. The largest absolute Gasteiger partial charge is 0.345 e. The van der Waals surface area contributed by atoms with Gasteiger partial charge in [0.05, 0.1) is 0 Å². The fourth-order valence-corrected chi connectivity index (χ4v) is 4.15. The lowest BCUT2D eigenvalue weighted by atomic mass is 9.91. The summed E-state index contributed by atoms with van der Waals surface area (Å²) in [5.41, 5.74) is 1.96. The van der Waals surface area contributed by atoms with Crippen LogP contribution in [0.3, 0.4) is 0 Å². The zero-order valence-electron chi connectivity index (χ0n) is 17.7. The quantitative estimate of drug-likeness (QED) is 0.644. The van der Waals surface area contributed by atoms with Crippen LogP contribution in [0.2, 0.25) is 0 Å². The molecular weight excluding hydrogens is 386 g/mol. The average Bonchev–Trinajstić information content (AvgIpc) is 2.69. The number of aryl methyl sites for hydroxylation is 1. The Hall–Kier alpha value is -2.02. The predicted molar refractivity (Wildman–Crippen MR) is 119 cm³/mol. The number of benzene rings is 1. The van der Waals surface area contributed by atoms with Gasteiger partial charge >= 0.3 is 0 Å². The van der Waals surface area contributed by atoms with Crippen molar-refractivity contribution in [1.82, 2.24) is 10.2 Å². The lowest BCUT2D eigenvalue weighted by Gasteiger charge is -2.34. The van der Waals surface area contributed by atoms with Crippen molar-refractivity contribution in [2.45, 2.75) is 52.0 Å². The van der Waals surface area contributed by atoms with Crippen molar-refractivity contribution in [3.05, 3.63) is 29.8 Å². The first-order chi connectivity index (χ1) is 13.9. The zero-order valence-corrected chi connectivity index (χ0v) is 18.5. The number of anilines is 1. The number of hydrogen-bond acceptors (Lipinski definition) is 4. The number of nitrogens with one attached hydrogen (secondary N) is 2. The van der Waals surface area contributed by atoms with E-state index < -0.39 is 6.04 Å². The third-order valence-electron chi connectivity index (χ3n) is 5.29. The monoisotopic (exact) mass is 419 g/mol.